The van der Waals surface area contributed by atoms with E-state index in [-0.39, 0.29) is 28.3 Å². The highest BCUT2D eigenvalue weighted by Gasteiger charge is 2.57. The molecule has 2 aromatic rings. The number of imidazole rings is 1. The maximum Gasteiger partial charge on any atom is 0.280 e. The predicted molar refractivity (Wildman–Crippen MR) is 145 cm³/mol. The zero-order valence-corrected chi connectivity index (χ0v) is 24.8. The van der Waals surface area contributed by atoms with Crippen molar-refractivity contribution >= 4 is 41.4 Å². The van der Waals surface area contributed by atoms with E-state index >= 15 is 0 Å². The summed E-state index contributed by atoms with van der Waals surface area (Å²) in [5.74, 6) is -0.403. The molecule has 4 heterocycles. The Balaban J connectivity index is 1.65. The molecule has 0 unspecified atom stereocenters. The van der Waals surface area contributed by atoms with Crippen LogP contribution in [0, 0.1) is 0 Å². The lowest BCUT2D eigenvalue weighted by Gasteiger charge is -2.37. The fourth-order valence-corrected chi connectivity index (χ4v) is 5.79. The minimum absolute atomic E-state index is 0.0698. The second kappa shape index (κ2) is 9.95. The molecule has 0 radical (unpaired) electrons. The van der Waals surface area contributed by atoms with Gasteiger partial charge in [0.1, 0.15) is 18.3 Å². The highest BCUT2D eigenvalue weighted by atomic mass is 79.9. The number of fused-ring (bicyclic) bond motifs is 2. The molecule has 0 bridgehead atoms. The van der Waals surface area contributed by atoms with Gasteiger partial charge in [-0.05, 0) is 60.8 Å². The van der Waals surface area contributed by atoms with Crippen LogP contribution in [0.25, 0.3) is 11.2 Å². The Morgan fingerprint density at radius 3 is 2.64 bits per heavy atom. The topological polar surface area (TPSA) is 113 Å². The molecule has 2 saturated heterocycles. The second-order valence-corrected chi connectivity index (χ2v) is 16.9. The first-order valence-electron chi connectivity index (χ1n) is 12.4. The SMILES string of the molecule is C=CCCCNc1nc2c(nc(Br)n2[C@@H]2O[C@H](CO[Si](C)(C)C(C)(C)C)[C@H]3OC(C)(C)O[C@H]32)c(=O)[nH]1. The zero-order valence-electron chi connectivity index (χ0n) is 22.2. The molecular formula is C24H38BrN5O5Si. The Kier molecular flexibility index (Phi) is 7.59. The summed E-state index contributed by atoms with van der Waals surface area (Å²) in [6, 6.07) is 0. The molecule has 0 saturated carbocycles. The van der Waals surface area contributed by atoms with Crippen molar-refractivity contribution in [2.75, 3.05) is 18.5 Å². The number of unbranched alkanes of at least 4 members (excludes halogenated alkanes) is 1. The fourth-order valence-electron chi connectivity index (χ4n) is 4.23. The smallest absolute Gasteiger partial charge is 0.280 e. The van der Waals surface area contributed by atoms with Crippen LogP contribution in [-0.4, -0.2) is 65.1 Å². The number of hydrogen-bond acceptors (Lipinski definition) is 8. The molecule has 0 spiro atoms. The van der Waals surface area contributed by atoms with Gasteiger partial charge < -0.3 is 24.0 Å². The van der Waals surface area contributed by atoms with E-state index in [0.29, 0.717) is 29.5 Å². The Hall–Kier alpha value is -1.57. The number of aromatic amines is 1. The molecule has 4 rings (SSSR count). The average molecular weight is 585 g/mol. The van der Waals surface area contributed by atoms with Crippen LogP contribution in [0.4, 0.5) is 5.95 Å². The van der Waals surface area contributed by atoms with Crippen molar-refractivity contribution in [2.24, 2.45) is 0 Å². The van der Waals surface area contributed by atoms with Crippen LogP contribution in [0.3, 0.4) is 0 Å². The van der Waals surface area contributed by atoms with E-state index in [4.69, 9.17) is 18.6 Å². The van der Waals surface area contributed by atoms with Gasteiger partial charge in [-0.3, -0.25) is 14.3 Å². The van der Waals surface area contributed by atoms with Crippen molar-refractivity contribution in [1.29, 1.82) is 0 Å². The molecular weight excluding hydrogens is 546 g/mol. The van der Waals surface area contributed by atoms with E-state index in [1.54, 1.807) is 4.57 Å². The molecule has 4 atom stereocenters. The molecule has 2 aromatic heterocycles. The molecule has 10 nitrogen and oxygen atoms in total. The van der Waals surface area contributed by atoms with E-state index in [0.717, 1.165) is 12.8 Å². The second-order valence-electron chi connectivity index (χ2n) is 11.4. The van der Waals surface area contributed by atoms with Gasteiger partial charge in [-0.25, -0.2) is 4.98 Å². The molecule has 2 aliphatic heterocycles. The van der Waals surface area contributed by atoms with Crippen molar-refractivity contribution < 1.29 is 18.6 Å². The van der Waals surface area contributed by atoms with Gasteiger partial charge in [0.2, 0.25) is 5.95 Å². The summed E-state index contributed by atoms with van der Waals surface area (Å²) in [5.41, 5.74) is 0.291. The van der Waals surface area contributed by atoms with Crippen LogP contribution < -0.4 is 10.9 Å². The number of rotatable bonds is 9. The lowest BCUT2D eigenvalue weighted by Crippen LogP contribution is -2.44. The normalized spacial score (nSPS) is 25.9. The van der Waals surface area contributed by atoms with Crippen molar-refractivity contribution in [2.45, 2.75) is 95.9 Å². The number of halogens is 1. The van der Waals surface area contributed by atoms with Crippen LogP contribution in [0.15, 0.2) is 22.2 Å². The van der Waals surface area contributed by atoms with Gasteiger partial charge in [0.15, 0.2) is 36.2 Å². The number of aromatic nitrogens is 4. The number of hydrogen-bond donors (Lipinski definition) is 2. The van der Waals surface area contributed by atoms with Gasteiger partial charge in [-0.15, -0.1) is 6.58 Å². The summed E-state index contributed by atoms with van der Waals surface area (Å²) >= 11 is 3.52. The summed E-state index contributed by atoms with van der Waals surface area (Å²) in [6.07, 6.45) is 1.89. The van der Waals surface area contributed by atoms with E-state index in [1.165, 1.54) is 0 Å². The summed E-state index contributed by atoms with van der Waals surface area (Å²) in [6.45, 7) is 19.6. The van der Waals surface area contributed by atoms with E-state index < -0.39 is 26.4 Å². The molecule has 200 valence electrons. The van der Waals surface area contributed by atoms with Crippen LogP contribution in [0.2, 0.25) is 18.1 Å². The van der Waals surface area contributed by atoms with Crippen LogP contribution in [-0.2, 0) is 18.6 Å². The minimum Gasteiger partial charge on any atom is -0.414 e. The van der Waals surface area contributed by atoms with Crippen LogP contribution >= 0.6 is 15.9 Å². The number of nitrogens with zero attached hydrogens (tertiary/aromatic N) is 3. The largest absolute Gasteiger partial charge is 0.414 e. The Morgan fingerprint density at radius 2 is 1.97 bits per heavy atom. The Morgan fingerprint density at radius 1 is 1.28 bits per heavy atom. The highest BCUT2D eigenvalue weighted by molar-refractivity contribution is 9.10. The number of anilines is 1. The highest BCUT2D eigenvalue weighted by Crippen LogP contribution is 2.45. The van der Waals surface area contributed by atoms with Gasteiger partial charge >= 0.3 is 0 Å². The van der Waals surface area contributed by atoms with Gasteiger partial charge in [0.25, 0.3) is 5.56 Å². The first-order valence-corrected chi connectivity index (χ1v) is 16.1. The summed E-state index contributed by atoms with van der Waals surface area (Å²) < 4.78 is 27.8. The lowest BCUT2D eigenvalue weighted by molar-refractivity contribution is -0.199. The predicted octanol–water partition coefficient (Wildman–Crippen LogP) is 4.70. The monoisotopic (exact) mass is 583 g/mol. The molecule has 2 fully saturated rings. The first-order chi connectivity index (χ1) is 16.7. The molecule has 0 aliphatic carbocycles. The summed E-state index contributed by atoms with van der Waals surface area (Å²) in [7, 11) is -2.01. The molecule has 2 N–H and O–H groups in total. The molecule has 36 heavy (non-hydrogen) atoms. The Labute approximate surface area is 221 Å². The van der Waals surface area contributed by atoms with Crippen molar-refractivity contribution in [3.8, 4) is 0 Å². The zero-order chi connectivity index (χ0) is 26.5. The lowest BCUT2D eigenvalue weighted by atomic mass is 10.1. The van der Waals surface area contributed by atoms with E-state index in [9.17, 15) is 4.79 Å². The number of H-pyrrole nitrogens is 1. The number of ether oxygens (including phenoxy) is 3. The molecule has 12 heteroatoms. The van der Waals surface area contributed by atoms with E-state index in [1.807, 2.05) is 19.9 Å². The van der Waals surface area contributed by atoms with Crippen molar-refractivity contribution in [3.05, 3.63) is 27.7 Å². The average Bonchev–Trinajstić information content (AvgIpc) is 3.37. The summed E-state index contributed by atoms with van der Waals surface area (Å²) in [5, 5.41) is 3.25. The quantitative estimate of drug-likeness (QED) is 0.189. The fraction of sp³-hybridized carbons (Fsp3) is 0.708. The van der Waals surface area contributed by atoms with E-state index in [2.05, 4.69) is 76.6 Å². The van der Waals surface area contributed by atoms with Crippen LogP contribution in [0.1, 0.15) is 53.7 Å². The maximum atomic E-state index is 12.8. The third-order valence-corrected chi connectivity index (χ3v) is 12.2. The standard InChI is InChI=1S/C24H38BrN5O5Si/c1-9-10-11-12-26-22-28-18-15(19(31)29-22)27-21(25)30(18)20-17-16(34-24(5,6)35-17)14(33-20)13-32-36(7,8)23(2,3)4/h9,14,16-17,20H,1,10-13H2,2-8H3,(H2,26,28,29,31)/t14-,16-,17-,20-/m1/s1. The molecule has 2 aliphatic rings. The van der Waals surface area contributed by atoms with Gasteiger partial charge in [0, 0.05) is 6.54 Å². The van der Waals surface area contributed by atoms with Crippen LogP contribution in [0.5, 0.6) is 0 Å². The van der Waals surface area contributed by atoms with Gasteiger partial charge in [-0.2, -0.15) is 4.98 Å². The molecule has 0 amide bonds. The number of allylic oxidation sites excluding steroid dienone is 1. The van der Waals surface area contributed by atoms with Crippen molar-refractivity contribution in [1.82, 2.24) is 19.5 Å². The van der Waals surface area contributed by atoms with Gasteiger partial charge in [0.05, 0.1) is 6.61 Å². The number of nitrogens with one attached hydrogen (secondary N) is 2. The van der Waals surface area contributed by atoms with Crippen molar-refractivity contribution in [3.63, 3.8) is 0 Å². The Bertz CT molecular complexity index is 1170. The minimum atomic E-state index is -2.01. The third kappa shape index (κ3) is 5.34. The first kappa shape index (κ1) is 27.5. The van der Waals surface area contributed by atoms with Gasteiger partial charge in [-0.1, -0.05) is 26.8 Å². The summed E-state index contributed by atoms with van der Waals surface area (Å²) in [4.78, 5) is 24.7. The molecule has 0 aromatic carbocycles. The third-order valence-electron chi connectivity index (χ3n) is 7.18. The maximum absolute atomic E-state index is 12.8.